The lowest BCUT2D eigenvalue weighted by Gasteiger charge is -2.34. The second-order valence-corrected chi connectivity index (χ2v) is 11.2. The van der Waals surface area contributed by atoms with E-state index in [9.17, 15) is 27.6 Å². The molecule has 0 radical (unpaired) electrons. The molecule has 0 saturated carbocycles. The summed E-state index contributed by atoms with van der Waals surface area (Å²) in [5.41, 5.74) is 2.78. The van der Waals surface area contributed by atoms with Gasteiger partial charge >= 0.3 is 6.18 Å². The molecule has 1 saturated heterocycles. The van der Waals surface area contributed by atoms with Gasteiger partial charge in [-0.05, 0) is 79.8 Å². The molecule has 0 spiro atoms. The maximum absolute atomic E-state index is 13.9. The molecular weight excluding hydrogens is 571 g/mol. The molecule has 11 heteroatoms. The highest BCUT2D eigenvalue weighted by molar-refractivity contribution is 6.05. The molecule has 2 N–H and O–H groups in total. The number of alkyl halides is 3. The summed E-state index contributed by atoms with van der Waals surface area (Å²) in [4.78, 5) is 44.4. The smallest absolute Gasteiger partial charge is 0.371 e. The van der Waals surface area contributed by atoms with E-state index in [2.05, 4.69) is 15.6 Å². The maximum Gasteiger partial charge on any atom is 0.416 e. The van der Waals surface area contributed by atoms with Crippen molar-refractivity contribution in [3.8, 4) is 11.1 Å². The first-order chi connectivity index (χ1) is 20.8. The second kappa shape index (κ2) is 12.1. The predicted molar refractivity (Wildman–Crippen MR) is 165 cm³/mol. The Kier molecular flexibility index (Phi) is 8.49. The van der Waals surface area contributed by atoms with E-state index in [1.165, 1.54) is 13.0 Å². The van der Waals surface area contributed by atoms with Crippen molar-refractivity contribution in [1.29, 1.82) is 0 Å². The lowest BCUT2D eigenvalue weighted by atomic mass is 9.99. The first-order valence-electron chi connectivity index (χ1n) is 14.5. The molecule has 5 rings (SSSR count). The molecule has 4 aromatic rings. The van der Waals surface area contributed by atoms with Crippen molar-refractivity contribution in [1.82, 2.24) is 14.9 Å². The topological polar surface area (TPSA) is 96.3 Å². The van der Waals surface area contributed by atoms with Crippen LogP contribution in [0.25, 0.3) is 22.0 Å². The molecule has 0 bridgehead atoms. The minimum Gasteiger partial charge on any atom is -0.371 e. The Morgan fingerprint density at radius 3 is 2.41 bits per heavy atom. The number of hydrogen-bond donors (Lipinski definition) is 2. The molecular formula is C33H34F3N5O3. The molecule has 44 heavy (non-hydrogen) atoms. The fraction of sp³-hybridized carbons (Fsp3) is 0.333. The minimum atomic E-state index is -4.65. The molecule has 2 aromatic heterocycles. The van der Waals surface area contributed by atoms with Crippen molar-refractivity contribution < 1.29 is 22.8 Å². The van der Waals surface area contributed by atoms with Gasteiger partial charge in [-0.3, -0.25) is 19.4 Å². The van der Waals surface area contributed by atoms with Crippen molar-refractivity contribution in [3.05, 3.63) is 87.5 Å². The van der Waals surface area contributed by atoms with Gasteiger partial charge in [-0.1, -0.05) is 13.0 Å². The summed E-state index contributed by atoms with van der Waals surface area (Å²) < 4.78 is 43.2. The van der Waals surface area contributed by atoms with Crippen LogP contribution in [0, 0.1) is 6.92 Å². The molecule has 2 aromatic carbocycles. The molecule has 1 aliphatic heterocycles. The van der Waals surface area contributed by atoms with E-state index in [-0.39, 0.29) is 28.8 Å². The summed E-state index contributed by atoms with van der Waals surface area (Å²) >= 11 is 0. The highest BCUT2D eigenvalue weighted by atomic mass is 19.4. The van der Waals surface area contributed by atoms with Crippen molar-refractivity contribution >= 4 is 34.1 Å². The van der Waals surface area contributed by atoms with Gasteiger partial charge in [-0.15, -0.1) is 0 Å². The van der Waals surface area contributed by atoms with Crippen LogP contribution in [0.1, 0.15) is 53.9 Å². The van der Waals surface area contributed by atoms with Crippen LogP contribution in [-0.2, 0) is 24.4 Å². The van der Waals surface area contributed by atoms with Gasteiger partial charge in [-0.25, -0.2) is 0 Å². The van der Waals surface area contributed by atoms with Gasteiger partial charge in [0.25, 0.3) is 11.5 Å². The first kappa shape index (κ1) is 30.8. The molecule has 0 unspecified atom stereocenters. The molecule has 0 aliphatic carbocycles. The van der Waals surface area contributed by atoms with Crippen molar-refractivity contribution in [2.75, 3.05) is 23.3 Å². The number of nitrogens with zero attached hydrogens (tertiary/aromatic N) is 3. The van der Waals surface area contributed by atoms with Crippen LogP contribution in [0.15, 0.2) is 59.5 Å². The Hall–Kier alpha value is -4.67. The Morgan fingerprint density at radius 2 is 1.75 bits per heavy atom. The average molecular weight is 606 g/mol. The normalized spacial score (nSPS) is 14.1. The van der Waals surface area contributed by atoms with E-state index >= 15 is 0 Å². The number of anilines is 2. The summed E-state index contributed by atoms with van der Waals surface area (Å²) in [6, 6.07) is 12.0. The van der Waals surface area contributed by atoms with Gasteiger partial charge in [0.2, 0.25) is 5.91 Å². The summed E-state index contributed by atoms with van der Waals surface area (Å²) in [5, 5.41) is 6.36. The molecule has 1 aliphatic rings. The number of halogens is 3. The molecule has 1 fully saturated rings. The Morgan fingerprint density at radius 1 is 1.02 bits per heavy atom. The number of hydrogen-bond acceptors (Lipinski definition) is 5. The summed E-state index contributed by atoms with van der Waals surface area (Å²) in [6.07, 6.45) is -1.04. The fourth-order valence-corrected chi connectivity index (χ4v) is 5.64. The van der Waals surface area contributed by atoms with Crippen LogP contribution < -0.4 is 21.1 Å². The molecule has 2 amide bonds. The highest BCUT2D eigenvalue weighted by Gasteiger charge is 2.33. The third kappa shape index (κ3) is 6.46. The van der Waals surface area contributed by atoms with Gasteiger partial charge in [0.05, 0.1) is 11.1 Å². The lowest BCUT2D eigenvalue weighted by molar-refractivity contribution is -0.137. The van der Waals surface area contributed by atoms with Crippen molar-refractivity contribution in [2.24, 2.45) is 7.05 Å². The maximum atomic E-state index is 13.9. The Balaban J connectivity index is 1.45. The zero-order valence-electron chi connectivity index (χ0n) is 25.0. The van der Waals surface area contributed by atoms with Gasteiger partial charge in [0.1, 0.15) is 0 Å². The SMILES string of the molecule is CCc1cc2c(cn1)cc(-c1cc(NC(=O)c3cc(N4CCC(NC(C)=O)CC4)cc(C(F)(F)F)c3)ccc1C)c(=O)n2C. The number of nitrogens with one attached hydrogen (secondary N) is 2. The molecule has 0 atom stereocenters. The van der Waals surface area contributed by atoms with E-state index in [0.717, 1.165) is 40.7 Å². The fourth-order valence-electron chi connectivity index (χ4n) is 5.64. The summed E-state index contributed by atoms with van der Waals surface area (Å²) in [7, 11) is 1.70. The highest BCUT2D eigenvalue weighted by Crippen LogP contribution is 2.34. The quantitative estimate of drug-likeness (QED) is 0.288. The van der Waals surface area contributed by atoms with Gasteiger partial charge in [0, 0.05) is 72.9 Å². The average Bonchev–Trinajstić information content (AvgIpc) is 2.99. The Labute approximate surface area is 252 Å². The second-order valence-electron chi connectivity index (χ2n) is 11.2. The zero-order valence-corrected chi connectivity index (χ0v) is 25.0. The number of rotatable bonds is 6. The number of carbonyl (C=O) groups excluding carboxylic acids is 2. The lowest BCUT2D eigenvalue weighted by Crippen LogP contribution is -2.44. The minimum absolute atomic E-state index is 0.0439. The van der Waals surface area contributed by atoms with Crippen LogP contribution in [0.5, 0.6) is 0 Å². The summed E-state index contributed by atoms with van der Waals surface area (Å²) in [5.74, 6) is -0.854. The third-order valence-electron chi connectivity index (χ3n) is 8.09. The number of fused-ring (bicyclic) bond motifs is 1. The molecule has 230 valence electrons. The number of piperidine rings is 1. The summed E-state index contributed by atoms with van der Waals surface area (Å²) in [6.45, 7) is 6.14. The largest absolute Gasteiger partial charge is 0.416 e. The van der Waals surface area contributed by atoms with Crippen molar-refractivity contribution in [3.63, 3.8) is 0 Å². The standard InChI is InChI=1S/C33H34F3N5O3/c1-5-24-17-30-22(18-37-24)14-29(32(44)40(30)4)28-16-26(7-6-19(28)2)39-31(43)21-12-23(33(34,35)36)15-27(13-21)41-10-8-25(9-11-41)38-20(3)42/h6-7,12-18,25H,5,8-11H2,1-4H3,(H,38,42)(H,39,43). The van der Waals surface area contributed by atoms with Crippen molar-refractivity contribution in [2.45, 2.75) is 52.3 Å². The third-order valence-corrected chi connectivity index (χ3v) is 8.09. The van der Waals surface area contributed by atoms with E-state index in [0.29, 0.717) is 42.7 Å². The number of benzene rings is 2. The van der Waals surface area contributed by atoms with Crippen LogP contribution in [-0.4, -0.2) is 40.5 Å². The Bertz CT molecular complexity index is 1810. The van der Waals surface area contributed by atoms with E-state index in [1.54, 1.807) is 47.0 Å². The van der Waals surface area contributed by atoms with Gasteiger partial charge < -0.3 is 20.1 Å². The monoisotopic (exact) mass is 605 g/mol. The first-order valence-corrected chi connectivity index (χ1v) is 14.5. The number of carbonyl (C=O) groups is 2. The number of aryl methyl sites for hydroxylation is 3. The van der Waals surface area contributed by atoms with Gasteiger partial charge in [0.15, 0.2) is 0 Å². The van der Waals surface area contributed by atoms with Crippen LogP contribution in [0.3, 0.4) is 0 Å². The number of aromatic nitrogens is 2. The number of amides is 2. The zero-order chi connectivity index (χ0) is 31.8. The van der Waals surface area contributed by atoms with Crippen LogP contribution >= 0.6 is 0 Å². The van der Waals surface area contributed by atoms with E-state index in [4.69, 9.17) is 0 Å². The van der Waals surface area contributed by atoms with E-state index in [1.807, 2.05) is 19.9 Å². The number of pyridine rings is 2. The van der Waals surface area contributed by atoms with Gasteiger partial charge in [-0.2, -0.15) is 13.2 Å². The van der Waals surface area contributed by atoms with E-state index < -0.39 is 17.6 Å². The van der Waals surface area contributed by atoms with Crippen LogP contribution in [0.2, 0.25) is 0 Å². The molecule has 8 nitrogen and oxygen atoms in total. The van der Waals surface area contributed by atoms with Crippen LogP contribution in [0.4, 0.5) is 24.5 Å². The predicted octanol–water partition coefficient (Wildman–Crippen LogP) is 5.85. The molecule has 3 heterocycles.